The molecular formula is C11H11ClN2O. The van der Waals surface area contributed by atoms with E-state index in [9.17, 15) is 0 Å². The van der Waals surface area contributed by atoms with Crippen molar-refractivity contribution in [2.75, 3.05) is 5.73 Å². The third kappa shape index (κ3) is 1.83. The van der Waals surface area contributed by atoms with Gasteiger partial charge in [0.05, 0.1) is 11.3 Å². The molecule has 4 heteroatoms. The van der Waals surface area contributed by atoms with Crippen molar-refractivity contribution >= 4 is 17.3 Å². The van der Waals surface area contributed by atoms with E-state index in [-0.39, 0.29) is 0 Å². The van der Waals surface area contributed by atoms with E-state index in [0.29, 0.717) is 16.6 Å². The zero-order chi connectivity index (χ0) is 11.0. The molecule has 0 aliphatic heterocycles. The van der Waals surface area contributed by atoms with Crippen LogP contribution in [0.2, 0.25) is 5.02 Å². The number of aryl methyl sites for hydroxylation is 2. The molecule has 1 aromatic heterocycles. The molecule has 0 amide bonds. The molecule has 0 unspecified atom stereocenters. The lowest BCUT2D eigenvalue weighted by atomic mass is 10.2. The van der Waals surface area contributed by atoms with Crippen LogP contribution in [0.15, 0.2) is 22.6 Å². The van der Waals surface area contributed by atoms with Crippen molar-refractivity contribution in [3.63, 3.8) is 0 Å². The van der Waals surface area contributed by atoms with Gasteiger partial charge < -0.3 is 10.2 Å². The SMILES string of the molecule is Cc1nc(-c2ccc(Cl)cc2N)oc1C. The summed E-state index contributed by atoms with van der Waals surface area (Å²) in [5.41, 5.74) is 8.05. The molecule has 2 aromatic rings. The Balaban J connectivity index is 2.54. The van der Waals surface area contributed by atoms with Crippen LogP contribution in [0, 0.1) is 13.8 Å². The number of hydrogen-bond acceptors (Lipinski definition) is 3. The Morgan fingerprint density at radius 2 is 2.07 bits per heavy atom. The fourth-order valence-electron chi connectivity index (χ4n) is 1.32. The van der Waals surface area contributed by atoms with E-state index >= 15 is 0 Å². The number of halogens is 1. The number of rotatable bonds is 1. The molecule has 1 heterocycles. The number of oxazole rings is 1. The summed E-state index contributed by atoms with van der Waals surface area (Å²) in [5, 5.41) is 0.608. The maximum Gasteiger partial charge on any atom is 0.228 e. The molecule has 0 aliphatic rings. The number of aromatic nitrogens is 1. The van der Waals surface area contributed by atoms with Gasteiger partial charge in [0.15, 0.2) is 0 Å². The lowest BCUT2D eigenvalue weighted by molar-refractivity contribution is 0.541. The Morgan fingerprint density at radius 3 is 2.60 bits per heavy atom. The molecule has 78 valence electrons. The molecule has 2 N–H and O–H groups in total. The lowest BCUT2D eigenvalue weighted by Crippen LogP contribution is -1.89. The first kappa shape index (κ1) is 10.1. The van der Waals surface area contributed by atoms with Crippen LogP contribution in [0.4, 0.5) is 5.69 Å². The van der Waals surface area contributed by atoms with Gasteiger partial charge in [-0.3, -0.25) is 0 Å². The van der Waals surface area contributed by atoms with Crippen LogP contribution in [0.25, 0.3) is 11.5 Å². The molecule has 2 rings (SSSR count). The number of hydrogen-bond donors (Lipinski definition) is 1. The van der Waals surface area contributed by atoms with Crippen molar-refractivity contribution in [2.24, 2.45) is 0 Å². The second-order valence-corrected chi connectivity index (χ2v) is 3.83. The molecular weight excluding hydrogens is 212 g/mol. The molecule has 0 aliphatic carbocycles. The highest BCUT2D eigenvalue weighted by atomic mass is 35.5. The van der Waals surface area contributed by atoms with Gasteiger partial charge in [-0.1, -0.05) is 11.6 Å². The summed E-state index contributed by atoms with van der Waals surface area (Å²) < 4.78 is 5.49. The first-order chi connectivity index (χ1) is 7.08. The summed E-state index contributed by atoms with van der Waals surface area (Å²) in [4.78, 5) is 4.28. The van der Waals surface area contributed by atoms with Crippen molar-refractivity contribution in [3.8, 4) is 11.5 Å². The summed E-state index contributed by atoms with van der Waals surface area (Å²) in [6.07, 6.45) is 0. The van der Waals surface area contributed by atoms with E-state index in [4.69, 9.17) is 21.8 Å². The highest BCUT2D eigenvalue weighted by Crippen LogP contribution is 2.28. The second kappa shape index (κ2) is 3.59. The van der Waals surface area contributed by atoms with Gasteiger partial charge in [0.25, 0.3) is 0 Å². The number of nitrogens with zero attached hydrogens (tertiary/aromatic N) is 1. The summed E-state index contributed by atoms with van der Waals surface area (Å²) in [5.74, 6) is 1.35. The van der Waals surface area contributed by atoms with E-state index in [1.54, 1.807) is 12.1 Å². The predicted octanol–water partition coefficient (Wildman–Crippen LogP) is 3.19. The van der Waals surface area contributed by atoms with Crippen LogP contribution in [0.1, 0.15) is 11.5 Å². The number of nitrogens with two attached hydrogens (primary N) is 1. The van der Waals surface area contributed by atoms with Gasteiger partial charge in [-0.25, -0.2) is 4.98 Å². The van der Waals surface area contributed by atoms with Gasteiger partial charge >= 0.3 is 0 Å². The van der Waals surface area contributed by atoms with Gasteiger partial charge in [-0.15, -0.1) is 0 Å². The molecule has 0 radical (unpaired) electrons. The summed E-state index contributed by atoms with van der Waals surface area (Å²) in [7, 11) is 0. The van der Waals surface area contributed by atoms with Crippen LogP contribution >= 0.6 is 11.6 Å². The topological polar surface area (TPSA) is 52.0 Å². The molecule has 1 aromatic carbocycles. The number of anilines is 1. The summed E-state index contributed by atoms with van der Waals surface area (Å²) in [6.45, 7) is 3.77. The molecule has 0 atom stereocenters. The fourth-order valence-corrected chi connectivity index (χ4v) is 1.50. The van der Waals surface area contributed by atoms with E-state index in [1.807, 2.05) is 19.9 Å². The average Bonchev–Trinajstić information content (AvgIpc) is 2.46. The fraction of sp³-hybridized carbons (Fsp3) is 0.182. The molecule has 0 bridgehead atoms. The highest BCUT2D eigenvalue weighted by Gasteiger charge is 2.11. The van der Waals surface area contributed by atoms with Gasteiger partial charge in [0.1, 0.15) is 5.76 Å². The van der Waals surface area contributed by atoms with Crippen LogP contribution < -0.4 is 5.73 Å². The van der Waals surface area contributed by atoms with Crippen molar-refractivity contribution in [1.82, 2.24) is 4.98 Å². The largest absolute Gasteiger partial charge is 0.441 e. The monoisotopic (exact) mass is 222 g/mol. The first-order valence-corrected chi connectivity index (χ1v) is 4.95. The Kier molecular flexibility index (Phi) is 2.40. The zero-order valence-electron chi connectivity index (χ0n) is 8.54. The van der Waals surface area contributed by atoms with Crippen LogP contribution in [0.5, 0.6) is 0 Å². The Bertz CT molecular complexity index is 486. The highest BCUT2D eigenvalue weighted by molar-refractivity contribution is 6.31. The average molecular weight is 223 g/mol. The lowest BCUT2D eigenvalue weighted by Gasteiger charge is -2.00. The summed E-state index contributed by atoms with van der Waals surface area (Å²) >= 11 is 5.81. The Hall–Kier alpha value is -1.48. The minimum atomic E-state index is 0.541. The van der Waals surface area contributed by atoms with Gasteiger partial charge in [0.2, 0.25) is 5.89 Å². The minimum Gasteiger partial charge on any atom is -0.441 e. The van der Waals surface area contributed by atoms with Crippen molar-refractivity contribution < 1.29 is 4.42 Å². The van der Waals surface area contributed by atoms with E-state index in [2.05, 4.69) is 4.98 Å². The van der Waals surface area contributed by atoms with Crippen LogP contribution in [-0.2, 0) is 0 Å². The van der Waals surface area contributed by atoms with E-state index in [0.717, 1.165) is 17.0 Å². The van der Waals surface area contributed by atoms with E-state index < -0.39 is 0 Å². The Morgan fingerprint density at radius 1 is 1.33 bits per heavy atom. The maximum absolute atomic E-state index is 5.83. The molecule has 3 nitrogen and oxygen atoms in total. The van der Waals surface area contributed by atoms with E-state index in [1.165, 1.54) is 0 Å². The molecule has 15 heavy (non-hydrogen) atoms. The quantitative estimate of drug-likeness (QED) is 0.754. The maximum atomic E-state index is 5.83. The smallest absolute Gasteiger partial charge is 0.228 e. The molecule has 0 saturated carbocycles. The third-order valence-electron chi connectivity index (χ3n) is 2.27. The second-order valence-electron chi connectivity index (χ2n) is 3.39. The minimum absolute atomic E-state index is 0.541. The van der Waals surface area contributed by atoms with Crippen LogP contribution in [-0.4, -0.2) is 4.98 Å². The predicted molar refractivity (Wildman–Crippen MR) is 60.8 cm³/mol. The van der Waals surface area contributed by atoms with Gasteiger partial charge in [0, 0.05) is 10.7 Å². The summed E-state index contributed by atoms with van der Waals surface area (Å²) in [6, 6.07) is 5.26. The molecule has 0 spiro atoms. The number of benzene rings is 1. The van der Waals surface area contributed by atoms with Crippen molar-refractivity contribution in [3.05, 3.63) is 34.7 Å². The van der Waals surface area contributed by atoms with Crippen molar-refractivity contribution in [2.45, 2.75) is 13.8 Å². The number of nitrogen functional groups attached to an aromatic ring is 1. The molecule has 0 saturated heterocycles. The van der Waals surface area contributed by atoms with Gasteiger partial charge in [-0.2, -0.15) is 0 Å². The van der Waals surface area contributed by atoms with Crippen LogP contribution in [0.3, 0.4) is 0 Å². The Labute approximate surface area is 92.9 Å². The normalized spacial score (nSPS) is 10.6. The molecule has 0 fully saturated rings. The van der Waals surface area contributed by atoms with Crippen molar-refractivity contribution in [1.29, 1.82) is 0 Å². The third-order valence-corrected chi connectivity index (χ3v) is 2.51. The van der Waals surface area contributed by atoms with Gasteiger partial charge in [-0.05, 0) is 32.0 Å². The first-order valence-electron chi connectivity index (χ1n) is 4.57. The standard InChI is InChI=1S/C11H11ClN2O/c1-6-7(2)15-11(14-6)9-4-3-8(12)5-10(9)13/h3-5H,13H2,1-2H3. The zero-order valence-corrected chi connectivity index (χ0v) is 9.30.